The fourth-order valence-corrected chi connectivity index (χ4v) is 4.68. The van der Waals surface area contributed by atoms with Gasteiger partial charge < -0.3 is 5.32 Å². The Bertz CT molecular complexity index is 762. The Kier molecular flexibility index (Phi) is 4.36. The van der Waals surface area contributed by atoms with E-state index in [1.165, 1.54) is 32.1 Å². The Morgan fingerprint density at radius 1 is 1.08 bits per heavy atom. The van der Waals surface area contributed by atoms with Crippen LogP contribution in [0.3, 0.4) is 0 Å². The number of amides is 1. The number of aromatic nitrogens is 4. The van der Waals surface area contributed by atoms with E-state index in [0.717, 1.165) is 41.6 Å². The Balaban J connectivity index is 1.48. The zero-order valence-electron chi connectivity index (χ0n) is 15.1. The average molecular weight is 341 g/mol. The van der Waals surface area contributed by atoms with E-state index < -0.39 is 0 Å². The summed E-state index contributed by atoms with van der Waals surface area (Å²) in [6.07, 6.45) is 14.3. The predicted molar refractivity (Wildman–Crippen MR) is 96.8 cm³/mol. The van der Waals surface area contributed by atoms with Gasteiger partial charge in [0.05, 0.1) is 11.9 Å². The second kappa shape index (κ2) is 6.65. The van der Waals surface area contributed by atoms with Gasteiger partial charge in [0.1, 0.15) is 5.69 Å². The van der Waals surface area contributed by atoms with E-state index in [1.54, 1.807) is 15.6 Å². The van der Waals surface area contributed by atoms with Crippen LogP contribution < -0.4 is 5.32 Å². The van der Waals surface area contributed by atoms with Crippen molar-refractivity contribution in [2.45, 2.75) is 44.9 Å². The number of anilines is 1. The van der Waals surface area contributed by atoms with E-state index in [4.69, 9.17) is 0 Å². The lowest BCUT2D eigenvalue weighted by atomic mass is 9.67. The Morgan fingerprint density at radius 3 is 2.64 bits per heavy atom. The quantitative estimate of drug-likeness (QED) is 0.931. The van der Waals surface area contributed by atoms with Crippen LogP contribution >= 0.6 is 0 Å². The van der Waals surface area contributed by atoms with Gasteiger partial charge in [-0.05, 0) is 31.1 Å². The Labute approximate surface area is 148 Å². The topological polar surface area (TPSA) is 64.7 Å². The maximum atomic E-state index is 12.9. The van der Waals surface area contributed by atoms with E-state index in [-0.39, 0.29) is 11.8 Å². The maximum Gasteiger partial charge on any atom is 0.227 e. The zero-order chi connectivity index (χ0) is 17.4. The standard InChI is InChI=1S/C19H27N5O/c1-23-11-16(10-20-23)18-17(12-24(2)22-18)21-19(25)15-8-7-13-5-3-4-6-14(13)9-15/h10-15H,3-9H2,1-2H3,(H,21,25)/t13-,14-,15-/m1/s1. The van der Waals surface area contributed by atoms with Crippen molar-refractivity contribution >= 4 is 11.6 Å². The van der Waals surface area contributed by atoms with Crippen LogP contribution in [0.1, 0.15) is 44.9 Å². The molecule has 0 radical (unpaired) electrons. The first-order chi connectivity index (χ1) is 12.1. The van der Waals surface area contributed by atoms with Gasteiger partial charge in [0.15, 0.2) is 0 Å². The number of rotatable bonds is 3. The van der Waals surface area contributed by atoms with Crippen molar-refractivity contribution in [2.75, 3.05) is 5.32 Å². The molecule has 2 heterocycles. The molecular weight excluding hydrogens is 314 g/mol. The highest BCUT2D eigenvalue weighted by atomic mass is 16.1. The molecule has 1 N–H and O–H groups in total. The third-order valence-corrected chi connectivity index (χ3v) is 5.98. The smallest absolute Gasteiger partial charge is 0.227 e. The van der Waals surface area contributed by atoms with E-state index in [0.29, 0.717) is 0 Å². The molecule has 6 heteroatoms. The van der Waals surface area contributed by atoms with Crippen LogP contribution in [-0.2, 0) is 18.9 Å². The molecule has 2 aliphatic carbocycles. The molecule has 1 amide bonds. The second-order valence-corrected chi connectivity index (χ2v) is 7.77. The van der Waals surface area contributed by atoms with Crippen molar-refractivity contribution in [1.82, 2.24) is 19.6 Å². The molecule has 0 unspecified atom stereocenters. The van der Waals surface area contributed by atoms with Crippen LogP contribution in [0, 0.1) is 17.8 Å². The van der Waals surface area contributed by atoms with Crippen LogP contribution in [0.2, 0.25) is 0 Å². The van der Waals surface area contributed by atoms with Crippen LogP contribution in [0.4, 0.5) is 5.69 Å². The first-order valence-electron chi connectivity index (χ1n) is 9.43. The molecule has 2 fully saturated rings. The van der Waals surface area contributed by atoms with Crippen molar-refractivity contribution < 1.29 is 4.79 Å². The lowest BCUT2D eigenvalue weighted by Crippen LogP contribution is -2.33. The minimum Gasteiger partial charge on any atom is -0.323 e. The number of hydrogen-bond donors (Lipinski definition) is 1. The van der Waals surface area contributed by atoms with Gasteiger partial charge >= 0.3 is 0 Å². The average Bonchev–Trinajstić information content (AvgIpc) is 3.19. The molecule has 0 saturated heterocycles. The molecule has 2 aliphatic rings. The first kappa shape index (κ1) is 16.4. The van der Waals surface area contributed by atoms with Crippen LogP contribution in [0.25, 0.3) is 11.3 Å². The Morgan fingerprint density at radius 2 is 1.88 bits per heavy atom. The van der Waals surface area contributed by atoms with Crippen molar-refractivity contribution in [3.8, 4) is 11.3 Å². The monoisotopic (exact) mass is 341 g/mol. The molecule has 0 spiro atoms. The summed E-state index contributed by atoms with van der Waals surface area (Å²) in [7, 11) is 3.76. The number of nitrogens with one attached hydrogen (secondary N) is 1. The van der Waals surface area contributed by atoms with Gasteiger partial charge in [-0.25, -0.2) is 0 Å². The third-order valence-electron chi connectivity index (χ3n) is 5.98. The largest absolute Gasteiger partial charge is 0.323 e. The molecule has 6 nitrogen and oxygen atoms in total. The van der Waals surface area contributed by atoms with Crippen LogP contribution in [0.5, 0.6) is 0 Å². The summed E-state index contributed by atoms with van der Waals surface area (Å²) in [6.45, 7) is 0. The minimum absolute atomic E-state index is 0.140. The van der Waals surface area contributed by atoms with E-state index in [9.17, 15) is 4.79 Å². The lowest BCUT2D eigenvalue weighted by Gasteiger charge is -2.38. The van der Waals surface area contributed by atoms with Gasteiger partial charge in [0.25, 0.3) is 0 Å². The minimum atomic E-state index is 0.140. The van der Waals surface area contributed by atoms with Gasteiger partial charge in [-0.2, -0.15) is 10.2 Å². The molecule has 3 atom stereocenters. The van der Waals surface area contributed by atoms with Gasteiger partial charge in [-0.1, -0.05) is 25.7 Å². The number of hydrogen-bond acceptors (Lipinski definition) is 3. The molecule has 134 valence electrons. The molecular formula is C19H27N5O. The van der Waals surface area contributed by atoms with E-state index >= 15 is 0 Å². The number of aryl methyl sites for hydroxylation is 2. The maximum absolute atomic E-state index is 12.9. The number of carbonyl (C=O) groups is 1. The van der Waals surface area contributed by atoms with Gasteiger partial charge in [0, 0.05) is 38.0 Å². The second-order valence-electron chi connectivity index (χ2n) is 7.77. The fraction of sp³-hybridized carbons (Fsp3) is 0.632. The predicted octanol–water partition coefficient (Wildman–Crippen LogP) is 3.37. The highest BCUT2D eigenvalue weighted by molar-refractivity contribution is 5.95. The highest BCUT2D eigenvalue weighted by Crippen LogP contribution is 2.43. The molecule has 2 aromatic rings. The van der Waals surface area contributed by atoms with Crippen molar-refractivity contribution in [2.24, 2.45) is 31.8 Å². The van der Waals surface area contributed by atoms with Crippen molar-refractivity contribution in [1.29, 1.82) is 0 Å². The molecule has 2 saturated carbocycles. The van der Waals surface area contributed by atoms with Crippen molar-refractivity contribution in [3.05, 3.63) is 18.6 Å². The molecule has 25 heavy (non-hydrogen) atoms. The third kappa shape index (κ3) is 3.34. The number of fused-ring (bicyclic) bond motifs is 1. The molecule has 0 bridgehead atoms. The van der Waals surface area contributed by atoms with Crippen LogP contribution in [0.15, 0.2) is 18.6 Å². The fourth-order valence-electron chi connectivity index (χ4n) is 4.68. The Hall–Kier alpha value is -2.11. The molecule has 4 rings (SSSR count). The summed E-state index contributed by atoms with van der Waals surface area (Å²) in [5.41, 5.74) is 2.50. The summed E-state index contributed by atoms with van der Waals surface area (Å²) >= 11 is 0. The van der Waals surface area contributed by atoms with Gasteiger partial charge in [-0.15, -0.1) is 0 Å². The highest BCUT2D eigenvalue weighted by Gasteiger charge is 2.35. The SMILES string of the molecule is Cn1cc(-c2nn(C)cc2NC(=O)[C@@H]2CC[C@H]3CCCC[C@@H]3C2)cn1. The number of carbonyl (C=O) groups excluding carboxylic acids is 1. The summed E-state index contributed by atoms with van der Waals surface area (Å²) in [5.74, 6) is 1.91. The van der Waals surface area contributed by atoms with Gasteiger partial charge in [0.2, 0.25) is 5.91 Å². The van der Waals surface area contributed by atoms with Crippen molar-refractivity contribution in [3.63, 3.8) is 0 Å². The molecule has 0 aliphatic heterocycles. The molecule has 2 aromatic heterocycles. The van der Waals surface area contributed by atoms with E-state index in [1.807, 2.05) is 26.5 Å². The lowest BCUT2D eigenvalue weighted by molar-refractivity contribution is -0.122. The zero-order valence-corrected chi connectivity index (χ0v) is 15.1. The summed E-state index contributed by atoms with van der Waals surface area (Å²) in [5, 5.41) is 11.9. The normalized spacial score (nSPS) is 26.2. The molecule has 0 aromatic carbocycles. The summed E-state index contributed by atoms with van der Waals surface area (Å²) < 4.78 is 3.50. The number of nitrogens with zero attached hydrogens (tertiary/aromatic N) is 4. The van der Waals surface area contributed by atoms with E-state index in [2.05, 4.69) is 15.5 Å². The summed E-state index contributed by atoms with van der Waals surface area (Å²) in [4.78, 5) is 12.9. The van der Waals surface area contributed by atoms with Crippen LogP contribution in [-0.4, -0.2) is 25.5 Å². The van der Waals surface area contributed by atoms with Gasteiger partial charge in [-0.3, -0.25) is 14.2 Å². The first-order valence-corrected chi connectivity index (χ1v) is 9.43. The summed E-state index contributed by atoms with van der Waals surface area (Å²) in [6, 6.07) is 0.